The maximum atomic E-state index is 13.5. The molecular formula is C26H31FN2O2. The van der Waals surface area contributed by atoms with Crippen molar-refractivity contribution >= 4 is 11.6 Å². The summed E-state index contributed by atoms with van der Waals surface area (Å²) in [7, 11) is 0. The van der Waals surface area contributed by atoms with E-state index in [0.29, 0.717) is 23.7 Å². The van der Waals surface area contributed by atoms with Crippen molar-refractivity contribution in [3.8, 4) is 0 Å². The predicted molar refractivity (Wildman–Crippen MR) is 120 cm³/mol. The van der Waals surface area contributed by atoms with Gasteiger partial charge in [-0.15, -0.1) is 0 Å². The van der Waals surface area contributed by atoms with Crippen molar-refractivity contribution in [2.45, 2.75) is 65.3 Å². The van der Waals surface area contributed by atoms with Crippen LogP contribution in [0.15, 0.2) is 53.5 Å². The summed E-state index contributed by atoms with van der Waals surface area (Å²) in [5.41, 5.74) is 2.65. The molecular weight excluding hydrogens is 391 g/mol. The highest BCUT2D eigenvalue weighted by molar-refractivity contribution is 6.46. The van der Waals surface area contributed by atoms with E-state index in [1.807, 2.05) is 29.2 Å². The van der Waals surface area contributed by atoms with Crippen molar-refractivity contribution in [2.75, 3.05) is 0 Å². The Morgan fingerprint density at radius 3 is 2.16 bits per heavy atom. The summed E-state index contributed by atoms with van der Waals surface area (Å²) in [5.74, 6) is 0.187. The van der Waals surface area contributed by atoms with Crippen LogP contribution in [0.1, 0.15) is 63.1 Å². The normalized spacial score (nSPS) is 24.0. The van der Waals surface area contributed by atoms with Crippen LogP contribution < -0.4 is 0 Å². The van der Waals surface area contributed by atoms with Gasteiger partial charge in [0.15, 0.2) is 0 Å². The van der Waals surface area contributed by atoms with E-state index < -0.39 is 5.66 Å². The Labute approximate surface area is 183 Å². The fourth-order valence-electron chi connectivity index (χ4n) is 4.91. The third-order valence-corrected chi connectivity index (χ3v) is 6.95. The monoisotopic (exact) mass is 422 g/mol. The highest BCUT2D eigenvalue weighted by Crippen LogP contribution is 2.47. The topological polar surface area (TPSA) is 52.9 Å². The van der Waals surface area contributed by atoms with Crippen molar-refractivity contribution < 1.29 is 14.3 Å². The van der Waals surface area contributed by atoms with E-state index in [-0.39, 0.29) is 23.7 Å². The van der Waals surface area contributed by atoms with Gasteiger partial charge in [0, 0.05) is 12.1 Å². The van der Waals surface area contributed by atoms with Gasteiger partial charge in [0.05, 0.1) is 6.61 Å². The first-order valence-electron chi connectivity index (χ1n) is 11.1. The highest BCUT2D eigenvalue weighted by atomic mass is 19.1. The number of amides is 1. The zero-order valence-electron chi connectivity index (χ0n) is 18.6. The van der Waals surface area contributed by atoms with E-state index in [2.05, 4.69) is 20.8 Å². The van der Waals surface area contributed by atoms with Gasteiger partial charge in [-0.3, -0.25) is 9.79 Å². The Bertz CT molecular complexity index is 966. The van der Waals surface area contributed by atoms with Gasteiger partial charge in [0.25, 0.3) is 5.91 Å². The number of aliphatic hydroxyl groups excluding tert-OH is 1. The van der Waals surface area contributed by atoms with E-state index in [1.54, 1.807) is 12.1 Å². The minimum absolute atomic E-state index is 0.00111. The van der Waals surface area contributed by atoms with Crippen molar-refractivity contribution in [1.82, 2.24) is 4.90 Å². The Hall–Kier alpha value is -2.53. The summed E-state index contributed by atoms with van der Waals surface area (Å²) in [6.45, 7) is 7.31. The van der Waals surface area contributed by atoms with Gasteiger partial charge in [0.2, 0.25) is 0 Å². The molecule has 164 valence electrons. The fourth-order valence-corrected chi connectivity index (χ4v) is 4.91. The lowest BCUT2D eigenvalue weighted by molar-refractivity contribution is -0.130. The molecule has 0 aromatic heterocycles. The lowest BCUT2D eigenvalue weighted by Crippen LogP contribution is -2.49. The van der Waals surface area contributed by atoms with Crippen molar-refractivity contribution in [3.05, 3.63) is 71.0 Å². The van der Waals surface area contributed by atoms with Crippen LogP contribution in [0, 0.1) is 17.2 Å². The molecule has 2 aromatic carbocycles. The molecule has 31 heavy (non-hydrogen) atoms. The minimum atomic E-state index is -0.543. The molecule has 0 atom stereocenters. The lowest BCUT2D eigenvalue weighted by Gasteiger charge is -2.44. The molecule has 4 rings (SSSR count). The summed E-state index contributed by atoms with van der Waals surface area (Å²) < 4.78 is 13.4. The summed E-state index contributed by atoms with van der Waals surface area (Å²) in [5, 5.41) is 9.31. The number of rotatable bonds is 4. The van der Waals surface area contributed by atoms with Crippen LogP contribution in [0.2, 0.25) is 0 Å². The van der Waals surface area contributed by atoms with Gasteiger partial charge >= 0.3 is 0 Å². The zero-order chi connectivity index (χ0) is 22.2. The summed E-state index contributed by atoms with van der Waals surface area (Å²) in [4.78, 5) is 20.5. The minimum Gasteiger partial charge on any atom is -0.392 e. The van der Waals surface area contributed by atoms with Crippen LogP contribution in [-0.2, 0) is 17.9 Å². The smallest absolute Gasteiger partial charge is 0.274 e. The Kier molecular flexibility index (Phi) is 5.73. The van der Waals surface area contributed by atoms with E-state index in [4.69, 9.17) is 4.99 Å². The number of carbonyl (C=O) groups is 1. The van der Waals surface area contributed by atoms with Crippen molar-refractivity contribution in [2.24, 2.45) is 16.3 Å². The van der Waals surface area contributed by atoms with E-state index >= 15 is 0 Å². The number of aliphatic imine (C=N–C) groups is 1. The number of nitrogens with zero attached hydrogens (tertiary/aromatic N) is 2. The van der Waals surface area contributed by atoms with Crippen LogP contribution in [-0.4, -0.2) is 27.3 Å². The average molecular weight is 423 g/mol. The maximum Gasteiger partial charge on any atom is 0.274 e. The van der Waals surface area contributed by atoms with E-state index in [9.17, 15) is 14.3 Å². The van der Waals surface area contributed by atoms with E-state index in [1.165, 1.54) is 12.1 Å². The molecule has 0 bridgehead atoms. The molecule has 1 heterocycles. The van der Waals surface area contributed by atoms with Crippen LogP contribution in [0.4, 0.5) is 4.39 Å². The first-order valence-corrected chi connectivity index (χ1v) is 11.1. The second kappa shape index (κ2) is 8.19. The van der Waals surface area contributed by atoms with Crippen LogP contribution in [0.25, 0.3) is 0 Å². The Morgan fingerprint density at radius 1 is 1.03 bits per heavy atom. The van der Waals surface area contributed by atoms with Crippen LogP contribution in [0.5, 0.6) is 0 Å². The Morgan fingerprint density at radius 2 is 1.61 bits per heavy atom. The van der Waals surface area contributed by atoms with Crippen LogP contribution in [0.3, 0.4) is 0 Å². The van der Waals surface area contributed by atoms with Gasteiger partial charge in [-0.1, -0.05) is 45.0 Å². The van der Waals surface area contributed by atoms with Crippen molar-refractivity contribution in [1.29, 1.82) is 0 Å². The number of halogens is 1. The molecule has 1 spiro atoms. The zero-order valence-corrected chi connectivity index (χ0v) is 18.6. The molecule has 1 saturated carbocycles. The average Bonchev–Trinajstić information content (AvgIpc) is 3.00. The number of benzene rings is 2. The first kappa shape index (κ1) is 21.7. The molecule has 1 aliphatic heterocycles. The number of hydrogen-bond acceptors (Lipinski definition) is 3. The van der Waals surface area contributed by atoms with Crippen molar-refractivity contribution in [3.63, 3.8) is 0 Å². The molecule has 1 fully saturated rings. The van der Waals surface area contributed by atoms with E-state index in [0.717, 1.165) is 36.8 Å². The molecule has 4 nitrogen and oxygen atoms in total. The SMILES string of the molecule is CC(C)(C)C1CCC2(CC1)N=C(c1ccc(F)cc1)C(=O)N2Cc1ccc(CO)cc1. The largest absolute Gasteiger partial charge is 0.392 e. The summed E-state index contributed by atoms with van der Waals surface area (Å²) >= 11 is 0. The standard InChI is InChI=1S/C26H31FN2O2/c1-25(2,3)21-12-14-26(15-13-21)28-23(20-8-10-22(27)11-9-20)24(31)29(26)16-18-4-6-19(17-30)7-5-18/h4-11,21,30H,12-17H2,1-3H3. The molecule has 2 aliphatic rings. The molecule has 1 aliphatic carbocycles. The summed E-state index contributed by atoms with van der Waals surface area (Å²) in [6, 6.07) is 13.7. The molecule has 2 aromatic rings. The van der Waals surface area contributed by atoms with Gasteiger partial charge in [-0.25, -0.2) is 4.39 Å². The second-order valence-corrected chi connectivity index (χ2v) is 9.96. The van der Waals surface area contributed by atoms with Gasteiger partial charge in [-0.2, -0.15) is 0 Å². The quantitative estimate of drug-likeness (QED) is 0.747. The lowest BCUT2D eigenvalue weighted by atomic mass is 9.69. The molecule has 0 unspecified atom stereocenters. The van der Waals surface area contributed by atoms with Gasteiger partial charge < -0.3 is 10.0 Å². The summed E-state index contributed by atoms with van der Waals surface area (Å²) in [6.07, 6.45) is 3.72. The van der Waals surface area contributed by atoms with Gasteiger partial charge in [0.1, 0.15) is 17.2 Å². The molecule has 5 heteroatoms. The molecule has 1 amide bonds. The predicted octanol–water partition coefficient (Wildman–Crippen LogP) is 5.08. The maximum absolute atomic E-state index is 13.5. The second-order valence-electron chi connectivity index (χ2n) is 9.96. The fraction of sp³-hybridized carbons (Fsp3) is 0.462. The van der Waals surface area contributed by atoms with Gasteiger partial charge in [-0.05, 0) is 72.4 Å². The molecule has 1 N–H and O–H groups in total. The molecule has 0 saturated heterocycles. The first-order chi connectivity index (χ1) is 14.7. The highest BCUT2D eigenvalue weighted by Gasteiger charge is 2.49. The Balaban J connectivity index is 1.66. The number of aliphatic hydroxyl groups is 1. The number of hydrogen-bond donors (Lipinski definition) is 1. The molecule has 0 radical (unpaired) electrons. The number of carbonyl (C=O) groups excluding carboxylic acids is 1. The van der Waals surface area contributed by atoms with Crippen LogP contribution >= 0.6 is 0 Å². The third-order valence-electron chi connectivity index (χ3n) is 6.95. The third kappa shape index (κ3) is 4.29.